The van der Waals surface area contributed by atoms with E-state index in [9.17, 15) is 9.59 Å². The summed E-state index contributed by atoms with van der Waals surface area (Å²) < 4.78 is 4.71. The molecule has 2 aromatic rings. The average molecular weight is 304 g/mol. The number of ether oxygens (including phenoxy) is 1. The van der Waals surface area contributed by atoms with E-state index in [1.807, 2.05) is 12.1 Å². The van der Waals surface area contributed by atoms with Crippen LogP contribution in [0.1, 0.15) is 12.6 Å². The van der Waals surface area contributed by atoms with E-state index < -0.39 is 6.09 Å². The van der Waals surface area contributed by atoms with Crippen molar-refractivity contribution in [2.24, 2.45) is 0 Å². The Morgan fingerprint density at radius 2 is 2.23 bits per heavy atom. The number of carbonyl (C=O) groups is 2. The summed E-state index contributed by atoms with van der Waals surface area (Å²) in [5.74, 6) is -0.0417. The van der Waals surface area contributed by atoms with Gasteiger partial charge in [-0.15, -0.1) is 5.10 Å². The van der Waals surface area contributed by atoms with E-state index in [0.717, 1.165) is 5.69 Å². The van der Waals surface area contributed by atoms with Crippen LogP contribution in [0.4, 0.5) is 10.6 Å². The first-order chi connectivity index (χ1) is 10.7. The molecule has 116 valence electrons. The number of hydrogen-bond donors (Lipinski definition) is 2. The van der Waals surface area contributed by atoms with Crippen LogP contribution in [0.2, 0.25) is 0 Å². The number of aromatic nitrogens is 4. The number of anilines is 1. The smallest absolute Gasteiger partial charge is 0.412 e. The minimum Gasteiger partial charge on any atom is -0.450 e. The first kappa shape index (κ1) is 15.4. The van der Waals surface area contributed by atoms with Crippen molar-refractivity contribution >= 4 is 17.8 Å². The molecule has 0 aliphatic rings. The molecule has 2 rings (SSSR count). The largest absolute Gasteiger partial charge is 0.450 e. The van der Waals surface area contributed by atoms with E-state index in [4.69, 9.17) is 4.74 Å². The van der Waals surface area contributed by atoms with Crippen LogP contribution in [0.15, 0.2) is 30.6 Å². The average Bonchev–Trinajstić information content (AvgIpc) is 2.93. The molecular formula is C13H16N6O3. The van der Waals surface area contributed by atoms with Crippen molar-refractivity contribution in [2.75, 3.05) is 11.9 Å². The zero-order chi connectivity index (χ0) is 15.8. The van der Waals surface area contributed by atoms with Crippen LogP contribution in [0, 0.1) is 0 Å². The van der Waals surface area contributed by atoms with Gasteiger partial charge in [-0.1, -0.05) is 6.07 Å². The van der Waals surface area contributed by atoms with E-state index in [-0.39, 0.29) is 24.9 Å². The molecular weight excluding hydrogens is 288 g/mol. The second kappa shape index (κ2) is 7.72. The maximum atomic E-state index is 11.8. The van der Waals surface area contributed by atoms with Crippen LogP contribution in [0.3, 0.4) is 0 Å². The van der Waals surface area contributed by atoms with Crippen molar-refractivity contribution in [3.8, 4) is 0 Å². The summed E-state index contributed by atoms with van der Waals surface area (Å²) in [6.45, 7) is 2.23. The van der Waals surface area contributed by atoms with Crippen LogP contribution in [0.5, 0.6) is 0 Å². The van der Waals surface area contributed by atoms with Gasteiger partial charge < -0.3 is 10.1 Å². The second-order valence-electron chi connectivity index (χ2n) is 4.20. The quantitative estimate of drug-likeness (QED) is 0.806. The third-order valence-corrected chi connectivity index (χ3v) is 2.52. The van der Waals surface area contributed by atoms with Gasteiger partial charge >= 0.3 is 6.09 Å². The number of nitrogens with one attached hydrogen (secondary N) is 2. The molecule has 0 bridgehead atoms. The number of hydrogen-bond acceptors (Lipinski definition) is 6. The summed E-state index contributed by atoms with van der Waals surface area (Å²) in [7, 11) is 0. The van der Waals surface area contributed by atoms with E-state index >= 15 is 0 Å². The van der Waals surface area contributed by atoms with Gasteiger partial charge in [-0.3, -0.25) is 15.1 Å². The Kier molecular flexibility index (Phi) is 5.41. The van der Waals surface area contributed by atoms with Gasteiger partial charge in [0.05, 0.1) is 25.0 Å². The first-order valence-electron chi connectivity index (χ1n) is 6.68. The number of pyridine rings is 1. The third-order valence-electron chi connectivity index (χ3n) is 2.52. The molecule has 0 spiro atoms. The highest BCUT2D eigenvalue weighted by Gasteiger charge is 2.09. The molecule has 9 heteroatoms. The van der Waals surface area contributed by atoms with Gasteiger partial charge in [0.2, 0.25) is 5.91 Å². The van der Waals surface area contributed by atoms with Crippen molar-refractivity contribution in [3.63, 3.8) is 0 Å². The predicted octanol–water partition coefficient (Wildman–Crippen LogP) is 0.558. The van der Waals surface area contributed by atoms with Gasteiger partial charge in [-0.05, 0) is 19.1 Å². The van der Waals surface area contributed by atoms with E-state index in [1.54, 1.807) is 19.2 Å². The van der Waals surface area contributed by atoms with Crippen LogP contribution in [-0.2, 0) is 22.6 Å². The Hall–Kier alpha value is -2.97. The van der Waals surface area contributed by atoms with E-state index in [0.29, 0.717) is 6.54 Å². The fourth-order valence-corrected chi connectivity index (χ4v) is 1.58. The molecule has 22 heavy (non-hydrogen) atoms. The molecule has 2 heterocycles. The Labute approximate surface area is 126 Å². The third kappa shape index (κ3) is 4.85. The summed E-state index contributed by atoms with van der Waals surface area (Å²) in [6, 6.07) is 5.46. The number of rotatable bonds is 6. The van der Waals surface area contributed by atoms with E-state index in [1.165, 1.54) is 11.0 Å². The summed E-state index contributed by atoms with van der Waals surface area (Å²) in [4.78, 5) is 28.2. The lowest BCUT2D eigenvalue weighted by Gasteiger charge is -2.04. The highest BCUT2D eigenvalue weighted by molar-refractivity contribution is 5.83. The van der Waals surface area contributed by atoms with Crippen molar-refractivity contribution in [2.45, 2.75) is 20.0 Å². The van der Waals surface area contributed by atoms with Gasteiger partial charge in [0.25, 0.3) is 0 Å². The number of carbonyl (C=O) groups excluding carboxylic acids is 2. The molecule has 0 fully saturated rings. The first-order valence-corrected chi connectivity index (χ1v) is 6.68. The van der Waals surface area contributed by atoms with Crippen molar-refractivity contribution < 1.29 is 14.3 Å². The fraction of sp³-hybridized carbons (Fsp3) is 0.308. The summed E-state index contributed by atoms with van der Waals surface area (Å²) in [5.41, 5.74) is 0.758. The molecule has 0 unspecified atom stereocenters. The van der Waals surface area contributed by atoms with Gasteiger partial charge in [-0.2, -0.15) is 9.90 Å². The molecule has 2 N–H and O–H groups in total. The monoisotopic (exact) mass is 304 g/mol. The SMILES string of the molecule is CCOC(=O)Nc1cnn(CC(=O)NCc2ccccn2)n1. The topological polar surface area (TPSA) is 111 Å². The highest BCUT2D eigenvalue weighted by Crippen LogP contribution is 2.00. The fourth-order valence-electron chi connectivity index (χ4n) is 1.58. The van der Waals surface area contributed by atoms with Gasteiger partial charge in [0, 0.05) is 6.20 Å². The zero-order valence-corrected chi connectivity index (χ0v) is 12.0. The second-order valence-corrected chi connectivity index (χ2v) is 4.20. The minimum atomic E-state index is -0.617. The van der Waals surface area contributed by atoms with Gasteiger partial charge in [0.15, 0.2) is 5.82 Å². The highest BCUT2D eigenvalue weighted by atomic mass is 16.5. The molecule has 0 aromatic carbocycles. The summed E-state index contributed by atoms with van der Waals surface area (Å²) >= 11 is 0. The van der Waals surface area contributed by atoms with Crippen LogP contribution in [-0.4, -0.2) is 38.6 Å². The standard InChI is InChI=1S/C13H16N6O3/c1-2-22-13(21)17-11-8-16-19(18-11)9-12(20)15-7-10-5-3-4-6-14-10/h3-6,8H,2,7,9H2,1H3,(H,15,20)(H,17,18,21). The maximum Gasteiger partial charge on any atom is 0.412 e. The van der Waals surface area contributed by atoms with Crippen LogP contribution in [0.25, 0.3) is 0 Å². The molecule has 0 saturated carbocycles. The van der Waals surface area contributed by atoms with Crippen molar-refractivity contribution in [3.05, 3.63) is 36.3 Å². The molecule has 0 saturated heterocycles. The number of nitrogens with zero attached hydrogens (tertiary/aromatic N) is 4. The Morgan fingerprint density at radius 3 is 2.95 bits per heavy atom. The lowest BCUT2D eigenvalue weighted by atomic mass is 10.3. The summed E-state index contributed by atoms with van der Waals surface area (Å²) in [6.07, 6.45) is 2.38. The van der Waals surface area contributed by atoms with Crippen molar-refractivity contribution in [1.82, 2.24) is 25.3 Å². The Balaban J connectivity index is 1.79. The molecule has 9 nitrogen and oxygen atoms in total. The predicted molar refractivity (Wildman–Crippen MR) is 76.8 cm³/mol. The van der Waals surface area contributed by atoms with Gasteiger partial charge in [-0.25, -0.2) is 4.79 Å². The normalized spacial score (nSPS) is 10.0. The molecule has 2 aromatic heterocycles. The van der Waals surface area contributed by atoms with Crippen molar-refractivity contribution in [1.29, 1.82) is 0 Å². The zero-order valence-electron chi connectivity index (χ0n) is 12.0. The lowest BCUT2D eigenvalue weighted by Crippen LogP contribution is -2.28. The lowest BCUT2D eigenvalue weighted by molar-refractivity contribution is -0.122. The molecule has 0 aliphatic carbocycles. The molecule has 0 aliphatic heterocycles. The van der Waals surface area contributed by atoms with Crippen LogP contribution < -0.4 is 10.6 Å². The number of amides is 2. The van der Waals surface area contributed by atoms with E-state index in [2.05, 4.69) is 25.8 Å². The Morgan fingerprint density at radius 1 is 1.36 bits per heavy atom. The maximum absolute atomic E-state index is 11.8. The summed E-state index contributed by atoms with van der Waals surface area (Å²) in [5, 5.41) is 12.9. The minimum absolute atomic E-state index is 0.0582. The Bertz CT molecular complexity index is 628. The van der Waals surface area contributed by atoms with Crippen LogP contribution >= 0.6 is 0 Å². The van der Waals surface area contributed by atoms with Gasteiger partial charge in [0.1, 0.15) is 6.54 Å². The molecule has 0 atom stereocenters. The molecule has 0 radical (unpaired) electrons. The molecule has 2 amide bonds.